The standard InChI is InChI=1S/C21H27Cl2N5O3/c1-5-15-19(26-16-10-28(21(30)24-3)11-17(16)31-6-2)27(4)20(29)18(25-15)13-8-7-12(22)9-14(13)23/h7-9,16-17,26H,5-6,10-11H2,1-4H3,(H,24,30)/t16?,17-/m0/s1. The van der Waals surface area contributed by atoms with Crippen molar-refractivity contribution in [1.82, 2.24) is 19.8 Å². The average Bonchev–Trinajstić information content (AvgIpc) is 3.14. The highest BCUT2D eigenvalue weighted by molar-refractivity contribution is 6.36. The van der Waals surface area contributed by atoms with Crippen LogP contribution in [0.3, 0.4) is 0 Å². The summed E-state index contributed by atoms with van der Waals surface area (Å²) in [6.07, 6.45) is 0.396. The van der Waals surface area contributed by atoms with E-state index in [1.165, 1.54) is 4.57 Å². The largest absolute Gasteiger partial charge is 0.374 e. The van der Waals surface area contributed by atoms with Crippen LogP contribution in [0.4, 0.5) is 10.6 Å². The van der Waals surface area contributed by atoms with Crippen molar-refractivity contribution in [3.8, 4) is 11.3 Å². The van der Waals surface area contributed by atoms with E-state index in [0.717, 1.165) is 5.69 Å². The maximum atomic E-state index is 13.2. The van der Waals surface area contributed by atoms with Gasteiger partial charge < -0.3 is 20.3 Å². The van der Waals surface area contributed by atoms with Crippen molar-refractivity contribution in [3.63, 3.8) is 0 Å². The van der Waals surface area contributed by atoms with E-state index in [1.54, 1.807) is 37.2 Å². The lowest BCUT2D eigenvalue weighted by atomic mass is 10.1. The lowest BCUT2D eigenvalue weighted by Gasteiger charge is -2.24. The molecular formula is C21H27Cl2N5O3. The number of hydrogen-bond acceptors (Lipinski definition) is 5. The quantitative estimate of drug-likeness (QED) is 0.680. The van der Waals surface area contributed by atoms with Crippen LogP contribution in [0.2, 0.25) is 10.0 Å². The highest BCUT2D eigenvalue weighted by Gasteiger charge is 2.36. The van der Waals surface area contributed by atoms with Gasteiger partial charge in [-0.15, -0.1) is 0 Å². The Morgan fingerprint density at radius 3 is 2.65 bits per heavy atom. The van der Waals surface area contributed by atoms with Gasteiger partial charge in [-0.05, 0) is 31.5 Å². The molecule has 1 saturated heterocycles. The van der Waals surface area contributed by atoms with E-state index in [-0.39, 0.29) is 29.4 Å². The molecule has 1 fully saturated rings. The van der Waals surface area contributed by atoms with Crippen LogP contribution in [-0.4, -0.2) is 59.4 Å². The van der Waals surface area contributed by atoms with Crippen LogP contribution < -0.4 is 16.2 Å². The Labute approximate surface area is 191 Å². The Balaban J connectivity index is 1.99. The van der Waals surface area contributed by atoms with Gasteiger partial charge in [0.05, 0.1) is 29.4 Å². The van der Waals surface area contributed by atoms with Gasteiger partial charge in [0.15, 0.2) is 0 Å². The lowest BCUT2D eigenvalue weighted by Crippen LogP contribution is -2.38. The number of likely N-dealkylation sites (tertiary alicyclic amines) is 1. The van der Waals surface area contributed by atoms with E-state index < -0.39 is 0 Å². The second-order valence-electron chi connectivity index (χ2n) is 7.30. The Morgan fingerprint density at radius 2 is 2.03 bits per heavy atom. The molecule has 2 amide bonds. The molecule has 2 aromatic rings. The van der Waals surface area contributed by atoms with Gasteiger partial charge in [0.2, 0.25) is 0 Å². The third kappa shape index (κ3) is 4.81. The predicted molar refractivity (Wildman–Crippen MR) is 123 cm³/mol. The monoisotopic (exact) mass is 467 g/mol. The normalized spacial score (nSPS) is 18.3. The second kappa shape index (κ2) is 9.89. The zero-order chi connectivity index (χ0) is 22.7. The van der Waals surface area contributed by atoms with Gasteiger partial charge in [0.1, 0.15) is 11.5 Å². The van der Waals surface area contributed by atoms with E-state index in [9.17, 15) is 9.59 Å². The molecule has 0 spiro atoms. The number of ether oxygens (including phenoxy) is 1. The van der Waals surface area contributed by atoms with E-state index in [1.807, 2.05) is 13.8 Å². The summed E-state index contributed by atoms with van der Waals surface area (Å²) in [5, 5.41) is 6.92. The highest BCUT2D eigenvalue weighted by atomic mass is 35.5. The molecule has 1 aromatic heterocycles. The Morgan fingerprint density at radius 1 is 1.29 bits per heavy atom. The topological polar surface area (TPSA) is 88.5 Å². The number of aryl methyl sites for hydroxylation is 1. The summed E-state index contributed by atoms with van der Waals surface area (Å²) in [6.45, 7) is 5.32. The molecule has 1 aliphatic rings. The molecule has 2 heterocycles. The van der Waals surface area contributed by atoms with Crippen molar-refractivity contribution >= 4 is 35.1 Å². The van der Waals surface area contributed by atoms with Crippen molar-refractivity contribution in [3.05, 3.63) is 44.3 Å². The minimum Gasteiger partial charge on any atom is -0.374 e. The number of nitrogens with one attached hydrogen (secondary N) is 2. The molecule has 168 valence electrons. The number of aromatic nitrogens is 2. The molecule has 10 heteroatoms. The molecule has 0 aliphatic carbocycles. The summed E-state index contributed by atoms with van der Waals surface area (Å²) < 4.78 is 7.39. The Hall–Kier alpha value is -2.29. The maximum absolute atomic E-state index is 13.2. The Kier molecular flexibility index (Phi) is 7.46. The summed E-state index contributed by atoms with van der Waals surface area (Å²) in [7, 11) is 3.29. The lowest BCUT2D eigenvalue weighted by molar-refractivity contribution is 0.0654. The zero-order valence-electron chi connectivity index (χ0n) is 18.0. The molecule has 2 N–H and O–H groups in total. The molecule has 31 heavy (non-hydrogen) atoms. The smallest absolute Gasteiger partial charge is 0.317 e. The first-order valence-corrected chi connectivity index (χ1v) is 11.0. The fourth-order valence-corrected chi connectivity index (χ4v) is 4.27. The molecule has 1 aromatic carbocycles. The Bertz CT molecular complexity index is 1030. The number of hydrogen-bond donors (Lipinski definition) is 2. The van der Waals surface area contributed by atoms with E-state index in [0.29, 0.717) is 47.5 Å². The van der Waals surface area contributed by atoms with Crippen LogP contribution >= 0.6 is 23.2 Å². The first-order valence-electron chi connectivity index (χ1n) is 10.2. The molecule has 0 bridgehead atoms. The number of halogens is 2. The molecule has 3 rings (SSSR count). The van der Waals surface area contributed by atoms with Gasteiger partial charge in [-0.1, -0.05) is 30.1 Å². The highest BCUT2D eigenvalue weighted by Crippen LogP contribution is 2.29. The number of urea groups is 1. The molecule has 1 unspecified atom stereocenters. The molecule has 8 nitrogen and oxygen atoms in total. The minimum atomic E-state index is -0.280. The molecule has 0 radical (unpaired) electrons. The fraction of sp³-hybridized carbons (Fsp3) is 0.476. The number of amides is 2. The van der Waals surface area contributed by atoms with Gasteiger partial charge in [0.25, 0.3) is 5.56 Å². The van der Waals surface area contributed by atoms with Crippen molar-refractivity contribution in [2.45, 2.75) is 32.4 Å². The number of anilines is 1. The van der Waals surface area contributed by atoms with E-state index in [4.69, 9.17) is 27.9 Å². The summed E-state index contributed by atoms with van der Waals surface area (Å²) in [4.78, 5) is 31.6. The van der Waals surface area contributed by atoms with E-state index in [2.05, 4.69) is 15.6 Å². The number of rotatable bonds is 6. The van der Waals surface area contributed by atoms with Crippen LogP contribution in [0.5, 0.6) is 0 Å². The van der Waals surface area contributed by atoms with Crippen LogP contribution in [0.15, 0.2) is 23.0 Å². The molecular weight excluding hydrogens is 441 g/mol. The van der Waals surface area contributed by atoms with Crippen molar-refractivity contribution in [1.29, 1.82) is 0 Å². The molecule has 0 saturated carbocycles. The second-order valence-corrected chi connectivity index (χ2v) is 8.15. The van der Waals surface area contributed by atoms with Crippen LogP contribution in [-0.2, 0) is 18.2 Å². The van der Waals surface area contributed by atoms with Crippen molar-refractivity contribution < 1.29 is 9.53 Å². The minimum absolute atomic E-state index is 0.163. The van der Waals surface area contributed by atoms with Gasteiger partial charge >= 0.3 is 6.03 Å². The van der Waals surface area contributed by atoms with E-state index >= 15 is 0 Å². The molecule has 1 aliphatic heterocycles. The summed E-state index contributed by atoms with van der Waals surface area (Å²) in [6, 6.07) is 4.63. The number of carbonyl (C=O) groups is 1. The van der Waals surface area contributed by atoms with Gasteiger partial charge in [0, 0.05) is 37.8 Å². The SMILES string of the molecule is CCO[C@H]1CN(C(=O)NC)CC1Nc1c(CC)nc(-c2ccc(Cl)cc2Cl)c(=O)n1C. The van der Waals surface area contributed by atoms with Gasteiger partial charge in [-0.25, -0.2) is 9.78 Å². The average molecular weight is 468 g/mol. The van der Waals surface area contributed by atoms with Crippen molar-refractivity contribution in [2.24, 2.45) is 7.05 Å². The van der Waals surface area contributed by atoms with Crippen LogP contribution in [0.25, 0.3) is 11.3 Å². The predicted octanol–water partition coefficient (Wildman–Crippen LogP) is 3.16. The number of nitrogens with zero attached hydrogens (tertiary/aromatic N) is 3. The summed E-state index contributed by atoms with van der Waals surface area (Å²) in [5.41, 5.74) is 1.24. The summed E-state index contributed by atoms with van der Waals surface area (Å²) in [5.74, 6) is 0.606. The zero-order valence-corrected chi connectivity index (χ0v) is 19.5. The van der Waals surface area contributed by atoms with Gasteiger partial charge in [-0.2, -0.15) is 0 Å². The van der Waals surface area contributed by atoms with Crippen LogP contribution in [0, 0.1) is 0 Å². The summed E-state index contributed by atoms with van der Waals surface area (Å²) >= 11 is 12.3. The third-order valence-corrected chi connectivity index (χ3v) is 5.90. The third-order valence-electron chi connectivity index (χ3n) is 5.35. The first-order chi connectivity index (χ1) is 14.8. The molecule has 2 atom stereocenters. The van der Waals surface area contributed by atoms with Crippen molar-refractivity contribution in [2.75, 3.05) is 32.1 Å². The van der Waals surface area contributed by atoms with Crippen LogP contribution in [0.1, 0.15) is 19.5 Å². The number of carbonyl (C=O) groups excluding carboxylic acids is 1. The number of benzene rings is 1. The fourth-order valence-electron chi connectivity index (χ4n) is 3.77. The van der Waals surface area contributed by atoms with Gasteiger partial charge in [-0.3, -0.25) is 9.36 Å². The maximum Gasteiger partial charge on any atom is 0.317 e. The first kappa shape index (κ1) is 23.4.